The summed E-state index contributed by atoms with van der Waals surface area (Å²) in [6.45, 7) is 2.06. The zero-order valence-corrected chi connectivity index (χ0v) is 24.2. The Labute approximate surface area is 241 Å². The zero-order valence-electron chi connectivity index (χ0n) is 24.2. The lowest BCUT2D eigenvalue weighted by Gasteiger charge is -2.45. The minimum Gasteiger partial charge on any atom is -0.481 e. The number of aliphatic imine (C=N–C) groups is 3. The van der Waals surface area contributed by atoms with Gasteiger partial charge in [-0.25, -0.2) is 4.39 Å². The summed E-state index contributed by atoms with van der Waals surface area (Å²) in [4.78, 5) is 48.0. The monoisotopic (exact) mass is 569 g/mol. The Balaban J connectivity index is 1.15. The van der Waals surface area contributed by atoms with Crippen LogP contribution in [-0.2, 0) is 14.4 Å². The molecule has 0 saturated heterocycles. The first kappa shape index (κ1) is 28.5. The van der Waals surface area contributed by atoms with E-state index in [0.717, 1.165) is 49.4 Å². The number of carboxylic acids is 1. The summed E-state index contributed by atoms with van der Waals surface area (Å²) in [5, 5.41) is 13.6. The highest BCUT2D eigenvalue weighted by Crippen LogP contribution is 2.42. The van der Waals surface area contributed by atoms with Gasteiger partial charge < -0.3 is 9.94 Å². The average molecular weight is 570 g/mol. The Morgan fingerprint density at radius 3 is 2.61 bits per heavy atom. The number of nitrogens with zero attached hydrogens (tertiary/aromatic N) is 5. The maximum atomic E-state index is 13.9. The van der Waals surface area contributed by atoms with Gasteiger partial charge in [0.05, 0.1) is 35.5 Å². The number of amidine groups is 1. The smallest absolute Gasteiger partial charge is 0.303 e. The highest BCUT2D eigenvalue weighted by Gasteiger charge is 2.48. The van der Waals surface area contributed by atoms with Crippen molar-refractivity contribution in [3.8, 4) is 0 Å². The van der Waals surface area contributed by atoms with Gasteiger partial charge in [0.1, 0.15) is 12.0 Å². The van der Waals surface area contributed by atoms with Crippen molar-refractivity contribution in [1.29, 1.82) is 0 Å². The van der Waals surface area contributed by atoms with E-state index in [2.05, 4.69) is 12.1 Å². The highest BCUT2D eigenvalue weighted by molar-refractivity contribution is 6.35. The number of alkyl halides is 1. The van der Waals surface area contributed by atoms with Crippen molar-refractivity contribution in [1.82, 2.24) is 4.90 Å². The van der Waals surface area contributed by atoms with Gasteiger partial charge in [0, 0.05) is 37.4 Å². The molecule has 6 aliphatic rings. The molecule has 0 spiro atoms. The highest BCUT2D eigenvalue weighted by atomic mass is 19.1. The summed E-state index contributed by atoms with van der Waals surface area (Å²) in [5.41, 5.74) is 1.31. The molecule has 6 rings (SSSR count). The molecule has 9 nitrogen and oxygen atoms in total. The molecule has 3 aliphatic heterocycles. The molecule has 0 radical (unpaired) electrons. The van der Waals surface area contributed by atoms with Crippen LogP contribution in [0.2, 0.25) is 0 Å². The second kappa shape index (κ2) is 11.9. The van der Waals surface area contributed by atoms with Gasteiger partial charge in [0.15, 0.2) is 5.60 Å². The summed E-state index contributed by atoms with van der Waals surface area (Å²) in [7, 11) is 0. The second-order valence-corrected chi connectivity index (χ2v) is 13.2. The quantitative estimate of drug-likeness (QED) is 0.399. The van der Waals surface area contributed by atoms with Crippen LogP contribution in [0.25, 0.3) is 0 Å². The number of fused-ring (bicyclic) bond motifs is 2. The van der Waals surface area contributed by atoms with Crippen LogP contribution in [0.4, 0.5) is 4.39 Å². The van der Waals surface area contributed by atoms with E-state index in [4.69, 9.17) is 24.9 Å². The largest absolute Gasteiger partial charge is 0.481 e. The minimum atomic E-state index is -0.810. The summed E-state index contributed by atoms with van der Waals surface area (Å²) in [5.74, 6) is 0.122. The molecule has 0 aromatic carbocycles. The lowest BCUT2D eigenvalue weighted by molar-refractivity contribution is -0.138. The number of carbonyl (C=O) groups is 2. The fourth-order valence-electron chi connectivity index (χ4n) is 7.86. The number of hydrogen-bond acceptors (Lipinski definition) is 7. The second-order valence-electron chi connectivity index (χ2n) is 13.2. The molecule has 0 bridgehead atoms. The van der Waals surface area contributed by atoms with Crippen molar-refractivity contribution in [3.63, 3.8) is 0 Å². The number of amides is 1. The third-order valence-corrected chi connectivity index (χ3v) is 10.3. The van der Waals surface area contributed by atoms with Crippen molar-refractivity contribution in [2.24, 2.45) is 32.0 Å². The van der Waals surface area contributed by atoms with E-state index in [9.17, 15) is 14.0 Å². The third kappa shape index (κ3) is 5.98. The van der Waals surface area contributed by atoms with Crippen LogP contribution in [0, 0.1) is 11.8 Å². The first-order valence-corrected chi connectivity index (χ1v) is 15.9. The van der Waals surface area contributed by atoms with E-state index in [1.807, 2.05) is 11.1 Å². The molecule has 41 heavy (non-hydrogen) atoms. The molecule has 1 amide bonds. The van der Waals surface area contributed by atoms with E-state index in [1.54, 1.807) is 0 Å². The third-order valence-electron chi connectivity index (χ3n) is 10.3. The number of unbranched alkanes of at least 4 members (excludes halogenated alkanes) is 1. The number of hydrogen-bond donors (Lipinski definition) is 1. The Hall–Kier alpha value is -2.65. The van der Waals surface area contributed by atoms with Gasteiger partial charge >= 0.3 is 5.97 Å². The van der Waals surface area contributed by atoms with Gasteiger partial charge in [-0.1, -0.05) is 18.0 Å². The minimum absolute atomic E-state index is 0.0126. The first-order valence-electron chi connectivity index (χ1n) is 15.9. The number of carboxylic acid groups (broad SMARTS) is 1. The standard InChI is InChI=1S/C31H44FN5O4/c1-31(27-18-33-23-6-2-3-7-24(23)34-27)17-26(36-41-31)19-10-15-22-25(16-19)35-28(8-4-5-9-29(38)39)37(30(22)40)21-13-11-20(32)12-14-21/h18-25H,2-17H2,1H3,(H,38,39). The summed E-state index contributed by atoms with van der Waals surface area (Å²) in [6, 6.07) is 0.430. The maximum absolute atomic E-state index is 13.9. The van der Waals surface area contributed by atoms with Crippen LogP contribution >= 0.6 is 0 Å². The Kier molecular flexibility index (Phi) is 8.28. The first-order chi connectivity index (χ1) is 19.8. The summed E-state index contributed by atoms with van der Waals surface area (Å²) >= 11 is 0. The molecule has 224 valence electrons. The number of rotatable bonds is 8. The van der Waals surface area contributed by atoms with Crippen LogP contribution in [0.1, 0.15) is 110 Å². The van der Waals surface area contributed by atoms with E-state index in [1.165, 1.54) is 12.8 Å². The molecule has 6 unspecified atom stereocenters. The maximum Gasteiger partial charge on any atom is 0.303 e. The van der Waals surface area contributed by atoms with Crippen molar-refractivity contribution in [2.45, 2.75) is 146 Å². The predicted octanol–water partition coefficient (Wildman–Crippen LogP) is 5.31. The number of carbonyl (C=O) groups excluding carboxylic acids is 1. The number of halogens is 1. The molecule has 10 heteroatoms. The molecule has 6 atom stereocenters. The van der Waals surface area contributed by atoms with Crippen LogP contribution in [0.3, 0.4) is 0 Å². The molecule has 0 aromatic heterocycles. The molecule has 0 aromatic rings. The molecule has 1 N–H and O–H groups in total. The predicted molar refractivity (Wildman–Crippen MR) is 156 cm³/mol. The zero-order chi connectivity index (χ0) is 28.6. The average Bonchev–Trinajstić information content (AvgIpc) is 3.39. The lowest BCUT2D eigenvalue weighted by atomic mass is 9.73. The van der Waals surface area contributed by atoms with Crippen molar-refractivity contribution < 1.29 is 23.9 Å². The summed E-state index contributed by atoms with van der Waals surface area (Å²) in [6.07, 6.45) is 12.9. The number of aliphatic carboxylic acids is 1. The van der Waals surface area contributed by atoms with Crippen molar-refractivity contribution in [3.05, 3.63) is 0 Å². The van der Waals surface area contributed by atoms with E-state index in [-0.39, 0.29) is 42.3 Å². The van der Waals surface area contributed by atoms with Gasteiger partial charge in [-0.15, -0.1) is 0 Å². The Morgan fingerprint density at radius 2 is 1.83 bits per heavy atom. The van der Waals surface area contributed by atoms with Crippen molar-refractivity contribution in [2.75, 3.05) is 0 Å². The van der Waals surface area contributed by atoms with E-state index >= 15 is 0 Å². The van der Waals surface area contributed by atoms with Gasteiger partial charge in [-0.2, -0.15) is 0 Å². The molecular formula is C31H44FN5O4. The van der Waals surface area contributed by atoms with Crippen LogP contribution in [-0.4, -0.2) is 81.3 Å². The lowest BCUT2D eigenvalue weighted by Crippen LogP contribution is -2.55. The van der Waals surface area contributed by atoms with Gasteiger partial charge in [-0.05, 0) is 77.6 Å². The van der Waals surface area contributed by atoms with E-state index in [0.29, 0.717) is 57.4 Å². The Bertz CT molecular complexity index is 1150. The SMILES string of the molecule is CC1(C2=NC3CCCCC3N=C2)CC(C2CCC3C(=O)N(C4CCC(F)CC4)C(CCCCC(=O)O)=NC3C2)=NO1. The molecule has 3 aliphatic carbocycles. The van der Waals surface area contributed by atoms with Crippen LogP contribution in [0.15, 0.2) is 20.1 Å². The number of oxime groups is 1. The van der Waals surface area contributed by atoms with Gasteiger partial charge in [0.2, 0.25) is 5.91 Å². The summed E-state index contributed by atoms with van der Waals surface area (Å²) < 4.78 is 13.9. The van der Waals surface area contributed by atoms with Crippen LogP contribution < -0.4 is 0 Å². The fraction of sp³-hybridized carbons (Fsp3) is 0.806. The topological polar surface area (TPSA) is 116 Å². The normalized spacial score (nSPS) is 38.8. The van der Waals surface area contributed by atoms with Crippen LogP contribution in [0.5, 0.6) is 0 Å². The van der Waals surface area contributed by atoms with Gasteiger partial charge in [0.25, 0.3) is 0 Å². The van der Waals surface area contributed by atoms with Gasteiger partial charge in [-0.3, -0.25) is 29.5 Å². The van der Waals surface area contributed by atoms with Crippen molar-refractivity contribution >= 4 is 35.4 Å². The molecule has 3 fully saturated rings. The molecule has 3 heterocycles. The fourth-order valence-corrected chi connectivity index (χ4v) is 7.86. The Morgan fingerprint density at radius 1 is 1.05 bits per heavy atom. The molecular weight excluding hydrogens is 525 g/mol. The molecule has 3 saturated carbocycles. The van der Waals surface area contributed by atoms with E-state index < -0.39 is 17.7 Å².